The fourth-order valence-corrected chi connectivity index (χ4v) is 4.35. The Hall–Kier alpha value is -3.39. The van der Waals surface area contributed by atoms with Gasteiger partial charge in [0, 0.05) is 62.2 Å². The number of nitrogens with one attached hydrogen (secondary N) is 1. The van der Waals surface area contributed by atoms with E-state index in [2.05, 4.69) is 29.7 Å². The lowest BCUT2D eigenvalue weighted by molar-refractivity contribution is 0.0951. The number of carbonyl (C=O) groups excluding carboxylic acids is 1. The molecule has 8 nitrogen and oxygen atoms in total. The van der Waals surface area contributed by atoms with Gasteiger partial charge >= 0.3 is 0 Å². The molecule has 1 N–H and O–H groups in total. The maximum atomic E-state index is 12.8. The molecule has 1 aromatic carbocycles. The zero-order valence-electron chi connectivity index (χ0n) is 19.6. The zero-order chi connectivity index (χ0) is 23.2. The SMILES string of the molecule is COc1ccc(-n2c(C)cc(C(=O)NCCCN3CCN(c4ncccn4)CC3)c2C)cc1. The van der Waals surface area contributed by atoms with Crippen molar-refractivity contribution in [1.82, 2.24) is 24.8 Å². The number of hydrogen-bond acceptors (Lipinski definition) is 6. The number of piperazine rings is 1. The van der Waals surface area contributed by atoms with Gasteiger partial charge in [-0.2, -0.15) is 0 Å². The number of ether oxygens (including phenoxy) is 1. The van der Waals surface area contributed by atoms with Crippen molar-refractivity contribution in [2.75, 3.05) is 51.3 Å². The van der Waals surface area contributed by atoms with E-state index in [0.717, 1.165) is 73.5 Å². The Morgan fingerprint density at radius 2 is 1.76 bits per heavy atom. The highest BCUT2D eigenvalue weighted by molar-refractivity contribution is 5.95. The van der Waals surface area contributed by atoms with Crippen molar-refractivity contribution >= 4 is 11.9 Å². The van der Waals surface area contributed by atoms with Crippen LogP contribution in [0.1, 0.15) is 28.2 Å². The van der Waals surface area contributed by atoms with Crippen molar-refractivity contribution in [3.8, 4) is 11.4 Å². The number of anilines is 1. The highest BCUT2D eigenvalue weighted by Crippen LogP contribution is 2.22. The average Bonchev–Trinajstić information content (AvgIpc) is 3.16. The van der Waals surface area contributed by atoms with Gasteiger partial charge in [0.2, 0.25) is 5.95 Å². The molecule has 0 atom stereocenters. The number of carbonyl (C=O) groups is 1. The molecular weight excluding hydrogens is 416 g/mol. The number of methoxy groups -OCH3 is 1. The first-order valence-corrected chi connectivity index (χ1v) is 11.4. The molecule has 0 aliphatic carbocycles. The number of benzene rings is 1. The first-order valence-electron chi connectivity index (χ1n) is 11.4. The predicted octanol–water partition coefficient (Wildman–Crippen LogP) is 2.83. The molecule has 0 unspecified atom stereocenters. The first-order chi connectivity index (χ1) is 16.1. The molecule has 1 aliphatic rings. The van der Waals surface area contributed by atoms with E-state index in [0.29, 0.717) is 6.54 Å². The summed E-state index contributed by atoms with van der Waals surface area (Å²) >= 11 is 0. The van der Waals surface area contributed by atoms with E-state index in [1.165, 1.54) is 0 Å². The van der Waals surface area contributed by atoms with Gasteiger partial charge in [0.15, 0.2) is 0 Å². The second kappa shape index (κ2) is 10.5. The number of rotatable bonds is 8. The van der Waals surface area contributed by atoms with E-state index in [-0.39, 0.29) is 5.91 Å². The lowest BCUT2D eigenvalue weighted by Gasteiger charge is -2.34. The second-order valence-corrected chi connectivity index (χ2v) is 8.31. The average molecular weight is 449 g/mol. The molecule has 1 saturated heterocycles. The molecule has 0 radical (unpaired) electrons. The molecule has 0 bridgehead atoms. The molecule has 3 heterocycles. The topological polar surface area (TPSA) is 75.5 Å². The van der Waals surface area contributed by atoms with Crippen molar-refractivity contribution < 1.29 is 9.53 Å². The van der Waals surface area contributed by atoms with Crippen LogP contribution in [0.5, 0.6) is 5.75 Å². The summed E-state index contributed by atoms with van der Waals surface area (Å²) in [5, 5.41) is 3.09. The lowest BCUT2D eigenvalue weighted by atomic mass is 10.2. The van der Waals surface area contributed by atoms with Crippen LogP contribution >= 0.6 is 0 Å². The Bertz CT molecular complexity index is 1060. The summed E-state index contributed by atoms with van der Waals surface area (Å²) in [6, 6.07) is 11.7. The van der Waals surface area contributed by atoms with Crippen molar-refractivity contribution in [3.05, 3.63) is 65.7 Å². The molecular formula is C25H32N6O2. The molecule has 1 fully saturated rings. The normalized spacial score (nSPS) is 14.3. The van der Waals surface area contributed by atoms with Crippen LogP contribution in [0.2, 0.25) is 0 Å². The van der Waals surface area contributed by atoms with Crippen LogP contribution in [0.3, 0.4) is 0 Å². The molecule has 1 amide bonds. The van der Waals surface area contributed by atoms with E-state index in [1.54, 1.807) is 19.5 Å². The summed E-state index contributed by atoms with van der Waals surface area (Å²) in [6.45, 7) is 9.45. The molecule has 3 aromatic rings. The van der Waals surface area contributed by atoms with E-state index in [9.17, 15) is 4.79 Å². The standard InChI is InChI=1S/C25H32N6O2/c1-19-18-23(20(2)31(19)21-6-8-22(33-3)9-7-21)24(32)26-12-5-13-29-14-16-30(17-15-29)25-27-10-4-11-28-25/h4,6-11,18H,5,12-17H2,1-3H3,(H,26,32). The summed E-state index contributed by atoms with van der Waals surface area (Å²) in [4.78, 5) is 26.2. The van der Waals surface area contributed by atoms with E-state index >= 15 is 0 Å². The van der Waals surface area contributed by atoms with Crippen LogP contribution in [0, 0.1) is 13.8 Å². The molecule has 0 spiro atoms. The highest BCUT2D eigenvalue weighted by atomic mass is 16.5. The molecule has 33 heavy (non-hydrogen) atoms. The largest absolute Gasteiger partial charge is 0.497 e. The van der Waals surface area contributed by atoms with Gasteiger partial charge in [-0.25, -0.2) is 9.97 Å². The van der Waals surface area contributed by atoms with Gasteiger partial charge in [-0.05, 0) is 63.2 Å². The van der Waals surface area contributed by atoms with Crippen LogP contribution in [0.4, 0.5) is 5.95 Å². The van der Waals surface area contributed by atoms with Crippen LogP contribution in [0.15, 0.2) is 48.8 Å². The zero-order valence-corrected chi connectivity index (χ0v) is 19.6. The van der Waals surface area contributed by atoms with Gasteiger partial charge in [-0.3, -0.25) is 9.69 Å². The number of aromatic nitrogens is 3. The Labute approximate surface area is 195 Å². The van der Waals surface area contributed by atoms with Gasteiger partial charge in [0.1, 0.15) is 5.75 Å². The monoisotopic (exact) mass is 448 g/mol. The minimum atomic E-state index is -0.0195. The van der Waals surface area contributed by atoms with Crippen LogP contribution < -0.4 is 15.0 Å². The maximum Gasteiger partial charge on any atom is 0.253 e. The van der Waals surface area contributed by atoms with Crippen molar-refractivity contribution in [3.63, 3.8) is 0 Å². The molecule has 8 heteroatoms. The highest BCUT2D eigenvalue weighted by Gasteiger charge is 2.19. The third-order valence-corrected chi connectivity index (χ3v) is 6.15. The Morgan fingerprint density at radius 3 is 2.42 bits per heavy atom. The van der Waals surface area contributed by atoms with Crippen molar-refractivity contribution in [1.29, 1.82) is 0 Å². The fraction of sp³-hybridized carbons (Fsp3) is 0.400. The maximum absolute atomic E-state index is 12.8. The van der Waals surface area contributed by atoms with E-state index < -0.39 is 0 Å². The molecule has 1 aliphatic heterocycles. The molecule has 2 aromatic heterocycles. The Kier molecular flexibility index (Phi) is 7.24. The fourth-order valence-electron chi connectivity index (χ4n) is 4.35. The van der Waals surface area contributed by atoms with E-state index in [4.69, 9.17) is 4.74 Å². The molecule has 0 saturated carbocycles. The third-order valence-electron chi connectivity index (χ3n) is 6.15. The van der Waals surface area contributed by atoms with Gasteiger partial charge < -0.3 is 19.5 Å². The number of amides is 1. The van der Waals surface area contributed by atoms with Crippen LogP contribution in [-0.2, 0) is 0 Å². The third kappa shape index (κ3) is 5.34. The van der Waals surface area contributed by atoms with Gasteiger partial charge in [-0.1, -0.05) is 0 Å². The Morgan fingerprint density at radius 1 is 1.06 bits per heavy atom. The van der Waals surface area contributed by atoms with Crippen LogP contribution in [-0.4, -0.2) is 71.7 Å². The molecule has 4 rings (SSSR count). The second-order valence-electron chi connectivity index (χ2n) is 8.31. The molecule has 174 valence electrons. The first kappa shape index (κ1) is 22.8. The lowest BCUT2D eigenvalue weighted by Crippen LogP contribution is -2.47. The minimum Gasteiger partial charge on any atom is -0.497 e. The summed E-state index contributed by atoms with van der Waals surface area (Å²) in [5.41, 5.74) is 3.71. The van der Waals surface area contributed by atoms with Crippen molar-refractivity contribution in [2.45, 2.75) is 20.3 Å². The summed E-state index contributed by atoms with van der Waals surface area (Å²) < 4.78 is 7.35. The van der Waals surface area contributed by atoms with Gasteiger partial charge in [0.05, 0.1) is 12.7 Å². The summed E-state index contributed by atoms with van der Waals surface area (Å²) in [5.74, 6) is 1.60. The number of nitrogens with zero attached hydrogens (tertiary/aromatic N) is 5. The minimum absolute atomic E-state index is 0.0195. The van der Waals surface area contributed by atoms with Gasteiger partial charge in [0.25, 0.3) is 5.91 Å². The number of aryl methyl sites for hydroxylation is 1. The summed E-state index contributed by atoms with van der Waals surface area (Å²) in [6.07, 6.45) is 4.49. The number of hydrogen-bond donors (Lipinski definition) is 1. The quantitative estimate of drug-likeness (QED) is 0.534. The predicted molar refractivity (Wildman–Crippen MR) is 129 cm³/mol. The van der Waals surface area contributed by atoms with E-state index in [1.807, 2.05) is 50.2 Å². The van der Waals surface area contributed by atoms with Gasteiger partial charge in [-0.15, -0.1) is 0 Å². The van der Waals surface area contributed by atoms with Crippen LogP contribution in [0.25, 0.3) is 5.69 Å². The Balaban J connectivity index is 1.25. The summed E-state index contributed by atoms with van der Waals surface area (Å²) in [7, 11) is 1.66. The smallest absolute Gasteiger partial charge is 0.253 e. The van der Waals surface area contributed by atoms with Crippen molar-refractivity contribution in [2.24, 2.45) is 0 Å².